The van der Waals surface area contributed by atoms with Gasteiger partial charge >= 0.3 is 6.18 Å². The molecule has 1 N–H and O–H groups in total. The molecule has 1 aromatic carbocycles. The molecular weight excluding hydrogens is 423 g/mol. The minimum absolute atomic E-state index is 0.0979. The van der Waals surface area contributed by atoms with Crippen LogP contribution in [0, 0.1) is 0 Å². The van der Waals surface area contributed by atoms with E-state index in [2.05, 4.69) is 26.2 Å². The molecule has 0 aliphatic rings. The summed E-state index contributed by atoms with van der Waals surface area (Å²) < 4.78 is 40.7. The second-order valence-electron chi connectivity index (χ2n) is 5.21. The summed E-state index contributed by atoms with van der Waals surface area (Å²) in [6, 6.07) is 8.27. The van der Waals surface area contributed by atoms with Crippen molar-refractivity contribution in [2.75, 3.05) is 5.32 Å². The number of nitrogens with one attached hydrogen (secondary N) is 1. The summed E-state index contributed by atoms with van der Waals surface area (Å²) in [5.74, 6) is 0. The van der Waals surface area contributed by atoms with Crippen LogP contribution in [0.5, 0.6) is 0 Å². The fourth-order valence-corrected chi connectivity index (χ4v) is 2.82. The van der Waals surface area contributed by atoms with Crippen molar-refractivity contribution >= 4 is 38.9 Å². The molecule has 0 radical (unpaired) electrons. The third-order valence-electron chi connectivity index (χ3n) is 3.42. The number of halogens is 5. The van der Waals surface area contributed by atoms with Gasteiger partial charge in [0.1, 0.15) is 5.65 Å². The van der Waals surface area contributed by atoms with Crippen LogP contribution in [0.2, 0.25) is 5.02 Å². The average Bonchev–Trinajstić information content (AvgIpc) is 2.54. The van der Waals surface area contributed by atoms with Crippen LogP contribution in [0.4, 0.5) is 18.9 Å². The van der Waals surface area contributed by atoms with Crippen molar-refractivity contribution in [2.24, 2.45) is 0 Å². The van der Waals surface area contributed by atoms with Crippen LogP contribution in [0.3, 0.4) is 0 Å². The minimum Gasteiger partial charge on any atom is -0.379 e. The normalized spacial score (nSPS) is 11.7. The van der Waals surface area contributed by atoms with E-state index in [9.17, 15) is 18.0 Å². The van der Waals surface area contributed by atoms with Gasteiger partial charge in [-0.05, 0) is 46.3 Å². The molecule has 0 aliphatic carbocycles. The predicted molar refractivity (Wildman–Crippen MR) is 92.9 cm³/mol. The number of anilines is 1. The Morgan fingerprint density at radius 3 is 2.68 bits per heavy atom. The van der Waals surface area contributed by atoms with Crippen molar-refractivity contribution in [1.29, 1.82) is 0 Å². The second kappa shape index (κ2) is 6.68. The van der Waals surface area contributed by atoms with Gasteiger partial charge in [-0.25, -0.2) is 4.98 Å². The number of hydrogen-bond donors (Lipinski definition) is 1. The monoisotopic (exact) mass is 431 g/mol. The topological polar surface area (TPSA) is 46.4 Å². The first-order valence-corrected chi connectivity index (χ1v) is 8.19. The lowest BCUT2D eigenvalue weighted by molar-refractivity contribution is -0.137. The van der Waals surface area contributed by atoms with Gasteiger partial charge in [0, 0.05) is 22.4 Å². The smallest absolute Gasteiger partial charge is 0.379 e. The fraction of sp³-hybridized carbons (Fsp3) is 0.125. The van der Waals surface area contributed by atoms with E-state index in [4.69, 9.17) is 11.6 Å². The summed E-state index contributed by atoms with van der Waals surface area (Å²) in [5, 5.41) is 2.46. The molecular formula is C16H10BrClF3N3O. The average molecular weight is 433 g/mol. The van der Waals surface area contributed by atoms with E-state index in [-0.39, 0.29) is 22.8 Å². The fourth-order valence-electron chi connectivity index (χ4n) is 2.26. The van der Waals surface area contributed by atoms with Crippen molar-refractivity contribution in [1.82, 2.24) is 9.38 Å². The minimum atomic E-state index is -4.54. The van der Waals surface area contributed by atoms with Crippen LogP contribution >= 0.6 is 27.5 Å². The molecule has 2 aromatic heterocycles. The maximum atomic E-state index is 12.9. The highest BCUT2D eigenvalue weighted by Gasteiger charge is 2.33. The van der Waals surface area contributed by atoms with Crippen LogP contribution in [-0.4, -0.2) is 9.38 Å². The van der Waals surface area contributed by atoms with E-state index >= 15 is 0 Å². The lowest BCUT2D eigenvalue weighted by Crippen LogP contribution is -2.17. The molecule has 0 unspecified atom stereocenters. The van der Waals surface area contributed by atoms with Crippen LogP contribution in [0.15, 0.2) is 51.9 Å². The maximum absolute atomic E-state index is 12.9. The number of benzene rings is 1. The first-order chi connectivity index (χ1) is 11.7. The predicted octanol–water partition coefficient (Wildman–Crippen LogP) is 4.74. The summed E-state index contributed by atoms with van der Waals surface area (Å²) in [4.78, 5) is 16.4. The van der Waals surface area contributed by atoms with E-state index in [1.165, 1.54) is 22.6 Å². The third kappa shape index (κ3) is 3.96. The number of rotatable bonds is 3. The van der Waals surface area contributed by atoms with Gasteiger partial charge in [-0.2, -0.15) is 13.2 Å². The van der Waals surface area contributed by atoms with Crippen LogP contribution < -0.4 is 10.9 Å². The Morgan fingerprint density at radius 2 is 1.96 bits per heavy atom. The van der Waals surface area contributed by atoms with Crippen LogP contribution in [-0.2, 0) is 12.7 Å². The highest BCUT2D eigenvalue weighted by atomic mass is 79.9. The summed E-state index contributed by atoms with van der Waals surface area (Å²) in [7, 11) is 0. The maximum Gasteiger partial charge on any atom is 0.417 e. The zero-order chi connectivity index (χ0) is 18.2. The van der Waals surface area contributed by atoms with Crippen molar-refractivity contribution in [3.63, 3.8) is 0 Å². The zero-order valence-electron chi connectivity index (χ0n) is 12.4. The molecule has 0 spiro atoms. The molecule has 25 heavy (non-hydrogen) atoms. The molecule has 130 valence electrons. The standard InChI is InChI=1S/C16H10BrClF3N3O/c17-9-1-4-14-23-11(6-15(25)24(14)8-9)7-22-10-2-3-13(18)12(5-10)16(19,20)21/h1-6,8,22H,7H2. The molecule has 0 aliphatic heterocycles. The zero-order valence-corrected chi connectivity index (χ0v) is 14.8. The molecule has 0 fully saturated rings. The van der Waals surface area contributed by atoms with E-state index in [1.54, 1.807) is 18.3 Å². The Morgan fingerprint density at radius 1 is 1.20 bits per heavy atom. The van der Waals surface area contributed by atoms with Gasteiger partial charge in [-0.3, -0.25) is 9.20 Å². The lowest BCUT2D eigenvalue weighted by Gasteiger charge is -2.12. The van der Waals surface area contributed by atoms with Gasteiger partial charge < -0.3 is 5.32 Å². The summed E-state index contributed by atoms with van der Waals surface area (Å²) in [6.45, 7) is 0.0979. The van der Waals surface area contributed by atoms with Gasteiger partial charge in [0.05, 0.1) is 22.8 Å². The second-order valence-corrected chi connectivity index (χ2v) is 6.53. The number of hydrogen-bond acceptors (Lipinski definition) is 3. The molecule has 0 saturated carbocycles. The molecule has 3 rings (SSSR count). The highest BCUT2D eigenvalue weighted by Crippen LogP contribution is 2.36. The van der Waals surface area contributed by atoms with Gasteiger partial charge in [0.25, 0.3) is 5.56 Å². The molecule has 0 amide bonds. The molecule has 0 atom stereocenters. The number of nitrogens with zero attached hydrogens (tertiary/aromatic N) is 2. The first kappa shape index (κ1) is 17.8. The number of aromatic nitrogens is 2. The largest absolute Gasteiger partial charge is 0.417 e. The summed E-state index contributed by atoms with van der Waals surface area (Å²) >= 11 is 8.86. The third-order valence-corrected chi connectivity index (χ3v) is 4.22. The quantitative estimate of drug-likeness (QED) is 0.650. The molecule has 4 nitrogen and oxygen atoms in total. The van der Waals surface area contributed by atoms with Gasteiger partial charge in [-0.1, -0.05) is 11.6 Å². The van der Waals surface area contributed by atoms with Crippen molar-refractivity contribution < 1.29 is 13.2 Å². The van der Waals surface area contributed by atoms with Crippen LogP contribution in [0.1, 0.15) is 11.3 Å². The van der Waals surface area contributed by atoms with Crippen molar-refractivity contribution in [3.8, 4) is 0 Å². The van der Waals surface area contributed by atoms with Crippen molar-refractivity contribution in [2.45, 2.75) is 12.7 Å². The Balaban J connectivity index is 1.86. The van der Waals surface area contributed by atoms with E-state index in [0.717, 1.165) is 10.5 Å². The van der Waals surface area contributed by atoms with E-state index in [1.807, 2.05) is 0 Å². The molecule has 0 saturated heterocycles. The van der Waals surface area contributed by atoms with Crippen molar-refractivity contribution in [3.05, 3.63) is 73.7 Å². The van der Waals surface area contributed by atoms with Crippen LogP contribution in [0.25, 0.3) is 5.65 Å². The number of pyridine rings is 1. The number of alkyl halides is 3. The Hall–Kier alpha value is -2.06. The molecule has 3 aromatic rings. The SMILES string of the molecule is O=c1cc(CNc2ccc(Cl)c(C(F)(F)F)c2)nc2ccc(Br)cn12. The van der Waals surface area contributed by atoms with E-state index in [0.29, 0.717) is 11.3 Å². The lowest BCUT2D eigenvalue weighted by atomic mass is 10.2. The Kier molecular flexibility index (Phi) is 4.75. The molecule has 2 heterocycles. The molecule has 0 bridgehead atoms. The first-order valence-electron chi connectivity index (χ1n) is 7.02. The molecule has 9 heteroatoms. The summed E-state index contributed by atoms with van der Waals surface area (Å²) in [6.07, 6.45) is -2.95. The van der Waals surface area contributed by atoms with Gasteiger partial charge in [-0.15, -0.1) is 0 Å². The van der Waals surface area contributed by atoms with Gasteiger partial charge in [0.15, 0.2) is 0 Å². The highest BCUT2D eigenvalue weighted by molar-refractivity contribution is 9.10. The number of fused-ring (bicyclic) bond motifs is 1. The van der Waals surface area contributed by atoms with E-state index < -0.39 is 11.7 Å². The Labute approximate surface area is 153 Å². The Bertz CT molecular complexity index is 1000. The summed E-state index contributed by atoms with van der Waals surface area (Å²) in [5.41, 5.74) is -0.115. The van der Waals surface area contributed by atoms with Gasteiger partial charge in [0.2, 0.25) is 0 Å².